The lowest BCUT2D eigenvalue weighted by Crippen LogP contribution is -2.10. The molecular formula is C18H17NO. The van der Waals surface area contributed by atoms with Crippen LogP contribution < -0.4 is 0 Å². The molecule has 0 amide bonds. The lowest BCUT2D eigenvalue weighted by Gasteiger charge is -2.09. The van der Waals surface area contributed by atoms with Crippen LogP contribution in [-0.2, 0) is 0 Å². The van der Waals surface area contributed by atoms with Crippen molar-refractivity contribution in [1.82, 2.24) is 4.98 Å². The predicted octanol–water partition coefficient (Wildman–Crippen LogP) is 3.71. The topological polar surface area (TPSA) is 30.0 Å². The highest BCUT2D eigenvalue weighted by Gasteiger charge is 2.67. The number of hydrogen-bond donors (Lipinski definition) is 0. The largest absolute Gasteiger partial charge is 0.294 e. The standard InChI is InChI=1S/C18H17NO/c20-18(17-15-10-5-6-11(7-10)16(15)17)14-9-19-8-12-3-1-2-4-13(12)14/h1-4,8-11,15-17H,5-7H2. The third-order valence-corrected chi connectivity index (χ3v) is 5.97. The minimum Gasteiger partial charge on any atom is -0.294 e. The van der Waals surface area contributed by atoms with Crippen LogP contribution in [0, 0.1) is 29.6 Å². The number of ketones is 1. The molecule has 0 N–H and O–H groups in total. The second kappa shape index (κ2) is 3.69. The van der Waals surface area contributed by atoms with Gasteiger partial charge in [0.25, 0.3) is 0 Å². The fourth-order valence-corrected chi connectivity index (χ4v) is 5.17. The number of benzene rings is 1. The molecule has 1 heterocycles. The van der Waals surface area contributed by atoms with Gasteiger partial charge in [-0.25, -0.2) is 0 Å². The van der Waals surface area contributed by atoms with E-state index < -0.39 is 0 Å². The first-order chi connectivity index (χ1) is 9.84. The van der Waals surface area contributed by atoms with Crippen LogP contribution in [0.1, 0.15) is 29.6 Å². The summed E-state index contributed by atoms with van der Waals surface area (Å²) in [5.41, 5.74) is 0.849. The summed E-state index contributed by atoms with van der Waals surface area (Å²) in [6.07, 6.45) is 7.75. The van der Waals surface area contributed by atoms with Gasteiger partial charge in [0, 0.05) is 29.3 Å². The second-order valence-corrected chi connectivity index (χ2v) is 6.79. The molecule has 2 bridgehead atoms. The Labute approximate surface area is 118 Å². The lowest BCUT2D eigenvalue weighted by atomic mass is 9.95. The molecule has 1 aromatic heterocycles. The van der Waals surface area contributed by atoms with Crippen LogP contribution in [0.4, 0.5) is 0 Å². The zero-order valence-electron chi connectivity index (χ0n) is 11.3. The van der Waals surface area contributed by atoms with Gasteiger partial charge in [-0.2, -0.15) is 0 Å². The van der Waals surface area contributed by atoms with Gasteiger partial charge < -0.3 is 0 Å². The molecule has 20 heavy (non-hydrogen) atoms. The van der Waals surface area contributed by atoms with E-state index in [9.17, 15) is 4.79 Å². The maximum absolute atomic E-state index is 12.9. The maximum atomic E-state index is 12.9. The Morgan fingerprint density at radius 3 is 2.60 bits per heavy atom. The number of hydrogen-bond acceptors (Lipinski definition) is 2. The monoisotopic (exact) mass is 263 g/mol. The van der Waals surface area contributed by atoms with Crippen molar-refractivity contribution in [2.24, 2.45) is 29.6 Å². The normalized spacial score (nSPS) is 37.1. The van der Waals surface area contributed by atoms with E-state index in [4.69, 9.17) is 0 Å². The van der Waals surface area contributed by atoms with E-state index in [2.05, 4.69) is 11.1 Å². The zero-order valence-corrected chi connectivity index (χ0v) is 11.3. The number of pyridine rings is 1. The predicted molar refractivity (Wildman–Crippen MR) is 77.4 cm³/mol. The Hall–Kier alpha value is -1.70. The summed E-state index contributed by atoms with van der Waals surface area (Å²) in [6.45, 7) is 0. The van der Waals surface area contributed by atoms with Crippen molar-refractivity contribution in [3.8, 4) is 0 Å². The molecule has 2 nitrogen and oxygen atoms in total. The molecule has 100 valence electrons. The van der Waals surface area contributed by atoms with Crippen LogP contribution in [0.5, 0.6) is 0 Å². The van der Waals surface area contributed by atoms with E-state index in [1.54, 1.807) is 6.20 Å². The van der Waals surface area contributed by atoms with Crippen LogP contribution in [0.2, 0.25) is 0 Å². The molecule has 3 aliphatic carbocycles. The molecule has 0 aliphatic heterocycles. The van der Waals surface area contributed by atoms with E-state index in [0.717, 1.165) is 28.2 Å². The first kappa shape index (κ1) is 11.0. The van der Waals surface area contributed by atoms with Gasteiger partial charge in [-0.15, -0.1) is 0 Å². The minimum atomic E-state index is 0.314. The van der Waals surface area contributed by atoms with Crippen LogP contribution in [0.25, 0.3) is 10.8 Å². The quantitative estimate of drug-likeness (QED) is 0.773. The number of fused-ring (bicyclic) bond motifs is 6. The Morgan fingerprint density at radius 1 is 1.05 bits per heavy atom. The van der Waals surface area contributed by atoms with Crippen molar-refractivity contribution in [3.63, 3.8) is 0 Å². The molecule has 4 atom stereocenters. The smallest absolute Gasteiger partial charge is 0.168 e. The second-order valence-electron chi connectivity index (χ2n) is 6.79. The van der Waals surface area contributed by atoms with E-state index in [1.807, 2.05) is 24.4 Å². The van der Waals surface area contributed by atoms with Gasteiger partial charge in [0.2, 0.25) is 0 Å². The molecule has 2 heteroatoms. The van der Waals surface area contributed by atoms with Crippen molar-refractivity contribution >= 4 is 16.6 Å². The van der Waals surface area contributed by atoms with Gasteiger partial charge in [-0.05, 0) is 48.3 Å². The average molecular weight is 263 g/mol. The van der Waals surface area contributed by atoms with Gasteiger partial charge >= 0.3 is 0 Å². The average Bonchev–Trinajstić information content (AvgIpc) is 2.93. The fraction of sp³-hybridized carbons (Fsp3) is 0.444. The molecular weight excluding hydrogens is 246 g/mol. The van der Waals surface area contributed by atoms with Gasteiger partial charge in [0.05, 0.1) is 0 Å². The molecule has 4 unspecified atom stereocenters. The summed E-state index contributed by atoms with van der Waals surface area (Å²) in [7, 11) is 0. The Balaban J connectivity index is 1.55. The molecule has 2 aromatic rings. The van der Waals surface area contributed by atoms with Crippen LogP contribution in [0.15, 0.2) is 36.7 Å². The molecule has 5 rings (SSSR count). The van der Waals surface area contributed by atoms with Crippen molar-refractivity contribution in [2.45, 2.75) is 19.3 Å². The zero-order chi connectivity index (χ0) is 13.3. The molecule has 0 saturated heterocycles. The van der Waals surface area contributed by atoms with Gasteiger partial charge in [-0.1, -0.05) is 24.3 Å². The summed E-state index contributed by atoms with van der Waals surface area (Å²) >= 11 is 0. The molecule has 3 aliphatic rings. The highest BCUT2D eigenvalue weighted by molar-refractivity contribution is 6.10. The first-order valence-corrected chi connectivity index (χ1v) is 7.71. The number of Topliss-reactive ketones (excluding diaryl/α,β-unsaturated/α-hetero) is 1. The summed E-state index contributed by atoms with van der Waals surface area (Å²) in [6, 6.07) is 8.11. The maximum Gasteiger partial charge on any atom is 0.168 e. The van der Waals surface area contributed by atoms with Crippen molar-refractivity contribution in [3.05, 3.63) is 42.2 Å². The van der Waals surface area contributed by atoms with Crippen LogP contribution in [-0.4, -0.2) is 10.8 Å². The van der Waals surface area contributed by atoms with Gasteiger partial charge in [-0.3, -0.25) is 9.78 Å². The summed E-state index contributed by atoms with van der Waals surface area (Å²) in [5.74, 6) is 3.79. The molecule has 3 fully saturated rings. The lowest BCUT2D eigenvalue weighted by molar-refractivity contribution is 0.0946. The van der Waals surface area contributed by atoms with Gasteiger partial charge in [0.15, 0.2) is 5.78 Å². The minimum absolute atomic E-state index is 0.314. The van der Waals surface area contributed by atoms with Crippen LogP contribution >= 0.6 is 0 Å². The third kappa shape index (κ3) is 1.29. The number of carbonyl (C=O) groups is 1. The Kier molecular flexibility index (Phi) is 2.03. The first-order valence-electron chi connectivity index (χ1n) is 7.71. The molecule has 0 radical (unpaired) electrons. The fourth-order valence-electron chi connectivity index (χ4n) is 5.17. The van der Waals surface area contributed by atoms with Gasteiger partial charge in [0.1, 0.15) is 0 Å². The summed E-state index contributed by atoms with van der Waals surface area (Å²) in [5, 5.41) is 2.15. The molecule has 1 aromatic carbocycles. The summed E-state index contributed by atoms with van der Waals surface area (Å²) < 4.78 is 0. The van der Waals surface area contributed by atoms with E-state index in [1.165, 1.54) is 19.3 Å². The summed E-state index contributed by atoms with van der Waals surface area (Å²) in [4.78, 5) is 17.2. The SMILES string of the molecule is O=C(c1cncc2ccccc12)C1C2C3CCC(C3)C12. The van der Waals surface area contributed by atoms with E-state index in [0.29, 0.717) is 23.5 Å². The van der Waals surface area contributed by atoms with Crippen LogP contribution in [0.3, 0.4) is 0 Å². The highest BCUT2D eigenvalue weighted by Crippen LogP contribution is 2.70. The number of nitrogens with zero attached hydrogens (tertiary/aromatic N) is 1. The van der Waals surface area contributed by atoms with E-state index in [-0.39, 0.29) is 0 Å². The number of rotatable bonds is 2. The molecule has 3 saturated carbocycles. The third-order valence-electron chi connectivity index (χ3n) is 5.97. The Bertz CT molecular complexity index is 701. The Morgan fingerprint density at radius 2 is 1.80 bits per heavy atom. The number of aromatic nitrogens is 1. The van der Waals surface area contributed by atoms with E-state index >= 15 is 0 Å². The molecule has 0 spiro atoms. The highest BCUT2D eigenvalue weighted by atomic mass is 16.1. The van der Waals surface area contributed by atoms with Crippen molar-refractivity contribution in [1.29, 1.82) is 0 Å². The van der Waals surface area contributed by atoms with Crippen molar-refractivity contribution in [2.75, 3.05) is 0 Å². The van der Waals surface area contributed by atoms with Crippen molar-refractivity contribution < 1.29 is 4.79 Å². The number of carbonyl (C=O) groups excluding carboxylic acids is 1.